The molecule has 7 nitrogen and oxygen atoms in total. The summed E-state index contributed by atoms with van der Waals surface area (Å²) in [7, 11) is 0. The standard InChI is InChI=1S/C21H19N3O4/c25-24(26)19-5-4-18(15-7-8-22-13-16(15)19)23-9-1-2-17(23)14-3-6-20-21(12-14)28-11-10-27-20/h3-8,12-13,17H,1-2,9-11H2. The molecule has 7 heteroatoms. The lowest BCUT2D eigenvalue weighted by atomic mass is 10.0. The van der Waals surface area contributed by atoms with Crippen molar-refractivity contribution in [1.29, 1.82) is 0 Å². The fourth-order valence-corrected chi connectivity index (χ4v) is 4.24. The number of nitro groups is 1. The molecule has 2 aromatic carbocycles. The number of aromatic nitrogens is 1. The largest absolute Gasteiger partial charge is 0.486 e. The van der Waals surface area contributed by atoms with Crippen LogP contribution in [0.3, 0.4) is 0 Å². The molecule has 2 aliphatic heterocycles. The first-order chi connectivity index (χ1) is 13.7. The maximum absolute atomic E-state index is 11.4. The second kappa shape index (κ2) is 6.67. The van der Waals surface area contributed by atoms with Crippen LogP contribution in [0.2, 0.25) is 0 Å². The first-order valence-electron chi connectivity index (χ1n) is 9.40. The van der Waals surface area contributed by atoms with E-state index in [0.29, 0.717) is 18.6 Å². The third-order valence-electron chi connectivity index (χ3n) is 5.48. The van der Waals surface area contributed by atoms with Crippen LogP contribution in [0, 0.1) is 10.1 Å². The first-order valence-corrected chi connectivity index (χ1v) is 9.40. The van der Waals surface area contributed by atoms with E-state index < -0.39 is 0 Å². The number of pyridine rings is 1. The maximum Gasteiger partial charge on any atom is 0.278 e. The molecule has 0 saturated carbocycles. The van der Waals surface area contributed by atoms with Crippen LogP contribution in [0.5, 0.6) is 11.5 Å². The van der Waals surface area contributed by atoms with Gasteiger partial charge in [0.05, 0.1) is 16.4 Å². The Bertz CT molecular complexity index is 1070. The molecule has 0 amide bonds. The first kappa shape index (κ1) is 16.8. The number of non-ortho nitro benzene ring substituents is 1. The zero-order valence-electron chi connectivity index (χ0n) is 15.2. The average Bonchev–Trinajstić information content (AvgIpc) is 3.22. The van der Waals surface area contributed by atoms with Crippen molar-refractivity contribution < 1.29 is 14.4 Å². The number of rotatable bonds is 3. The van der Waals surface area contributed by atoms with Crippen molar-refractivity contribution in [2.75, 3.05) is 24.7 Å². The third-order valence-corrected chi connectivity index (χ3v) is 5.48. The minimum atomic E-state index is -0.351. The molecule has 2 aliphatic rings. The zero-order valence-corrected chi connectivity index (χ0v) is 15.2. The van der Waals surface area contributed by atoms with E-state index in [1.165, 1.54) is 5.56 Å². The zero-order chi connectivity index (χ0) is 19.1. The van der Waals surface area contributed by atoms with Gasteiger partial charge in [0, 0.05) is 36.1 Å². The summed E-state index contributed by atoms with van der Waals surface area (Å²) in [6.07, 6.45) is 5.34. The Morgan fingerprint density at radius 1 is 1.07 bits per heavy atom. The SMILES string of the molecule is O=[N+]([O-])c1ccc(N2CCCC2c2ccc3c(c2)OCCO3)c2ccncc12. The van der Waals surface area contributed by atoms with E-state index in [1.54, 1.807) is 18.5 Å². The van der Waals surface area contributed by atoms with E-state index in [1.807, 2.05) is 18.2 Å². The molecule has 1 saturated heterocycles. The molecule has 1 aromatic heterocycles. The van der Waals surface area contributed by atoms with E-state index >= 15 is 0 Å². The van der Waals surface area contributed by atoms with E-state index in [0.717, 1.165) is 42.0 Å². The van der Waals surface area contributed by atoms with Gasteiger partial charge in [0.15, 0.2) is 11.5 Å². The minimum absolute atomic E-state index is 0.0851. The normalized spacial score (nSPS) is 18.4. The van der Waals surface area contributed by atoms with Gasteiger partial charge in [-0.2, -0.15) is 0 Å². The van der Waals surface area contributed by atoms with Gasteiger partial charge in [0.25, 0.3) is 5.69 Å². The summed E-state index contributed by atoms with van der Waals surface area (Å²) >= 11 is 0. The molecule has 0 N–H and O–H groups in total. The Kier molecular flexibility index (Phi) is 4.00. The number of benzene rings is 2. The highest BCUT2D eigenvalue weighted by Gasteiger charge is 2.29. The molecule has 1 fully saturated rings. The van der Waals surface area contributed by atoms with Crippen LogP contribution in [-0.4, -0.2) is 29.7 Å². The van der Waals surface area contributed by atoms with E-state index in [2.05, 4.69) is 22.0 Å². The number of ether oxygens (including phenoxy) is 2. The Hall–Kier alpha value is -3.35. The molecule has 142 valence electrons. The van der Waals surface area contributed by atoms with Crippen molar-refractivity contribution in [2.24, 2.45) is 0 Å². The number of hydrogen-bond donors (Lipinski definition) is 0. The van der Waals surface area contributed by atoms with E-state index in [9.17, 15) is 10.1 Å². The molecule has 1 unspecified atom stereocenters. The van der Waals surface area contributed by atoms with Crippen molar-refractivity contribution in [1.82, 2.24) is 4.98 Å². The predicted octanol–water partition coefficient (Wildman–Crippen LogP) is 4.26. The molecule has 0 radical (unpaired) electrons. The summed E-state index contributed by atoms with van der Waals surface area (Å²) in [6, 6.07) is 11.6. The summed E-state index contributed by atoms with van der Waals surface area (Å²) in [6.45, 7) is 2.03. The fourth-order valence-electron chi connectivity index (χ4n) is 4.24. The highest BCUT2D eigenvalue weighted by Crippen LogP contribution is 2.43. The molecule has 0 aliphatic carbocycles. The highest BCUT2D eigenvalue weighted by atomic mass is 16.6. The quantitative estimate of drug-likeness (QED) is 0.501. The smallest absolute Gasteiger partial charge is 0.278 e. The van der Waals surface area contributed by atoms with Crippen molar-refractivity contribution in [2.45, 2.75) is 18.9 Å². The van der Waals surface area contributed by atoms with Gasteiger partial charge in [0.2, 0.25) is 0 Å². The van der Waals surface area contributed by atoms with Crippen molar-refractivity contribution in [3.63, 3.8) is 0 Å². The molecule has 5 rings (SSSR count). The van der Waals surface area contributed by atoms with Gasteiger partial charge in [-0.1, -0.05) is 6.07 Å². The molecular weight excluding hydrogens is 358 g/mol. The summed E-state index contributed by atoms with van der Waals surface area (Å²) in [5.41, 5.74) is 2.25. The van der Waals surface area contributed by atoms with Gasteiger partial charge < -0.3 is 14.4 Å². The van der Waals surface area contributed by atoms with E-state index in [-0.39, 0.29) is 16.7 Å². The molecule has 3 aromatic rings. The van der Waals surface area contributed by atoms with E-state index in [4.69, 9.17) is 9.47 Å². The minimum Gasteiger partial charge on any atom is -0.486 e. The molecule has 1 atom stereocenters. The Morgan fingerprint density at radius 2 is 1.93 bits per heavy atom. The molecule has 0 bridgehead atoms. The van der Waals surface area contributed by atoms with Crippen LogP contribution < -0.4 is 14.4 Å². The molecule has 28 heavy (non-hydrogen) atoms. The van der Waals surface area contributed by atoms with Gasteiger partial charge in [-0.15, -0.1) is 0 Å². The molecule has 3 heterocycles. The predicted molar refractivity (Wildman–Crippen MR) is 105 cm³/mol. The summed E-state index contributed by atoms with van der Waals surface area (Å²) < 4.78 is 11.4. The average molecular weight is 377 g/mol. The van der Waals surface area contributed by atoms with Gasteiger partial charge in [-0.3, -0.25) is 15.1 Å². The number of fused-ring (bicyclic) bond motifs is 2. The van der Waals surface area contributed by atoms with Gasteiger partial charge in [-0.25, -0.2) is 0 Å². The fraction of sp³-hybridized carbons (Fsp3) is 0.286. The Balaban J connectivity index is 1.58. The summed E-state index contributed by atoms with van der Waals surface area (Å²) in [5.74, 6) is 1.57. The lowest BCUT2D eigenvalue weighted by Crippen LogP contribution is -2.23. The second-order valence-electron chi connectivity index (χ2n) is 7.04. The number of anilines is 1. The lowest BCUT2D eigenvalue weighted by Gasteiger charge is -2.29. The van der Waals surface area contributed by atoms with Gasteiger partial charge >= 0.3 is 0 Å². The molecular formula is C21H19N3O4. The summed E-state index contributed by atoms with van der Waals surface area (Å²) in [4.78, 5) is 17.5. The van der Waals surface area contributed by atoms with Crippen molar-refractivity contribution >= 4 is 22.1 Å². The topological polar surface area (TPSA) is 77.7 Å². The van der Waals surface area contributed by atoms with Crippen LogP contribution in [0.15, 0.2) is 48.8 Å². The van der Waals surface area contributed by atoms with Gasteiger partial charge in [-0.05, 0) is 42.7 Å². The third kappa shape index (κ3) is 2.70. The lowest BCUT2D eigenvalue weighted by molar-refractivity contribution is -0.383. The van der Waals surface area contributed by atoms with Crippen LogP contribution in [0.4, 0.5) is 11.4 Å². The summed E-state index contributed by atoms with van der Waals surface area (Å²) in [5, 5.41) is 12.8. The number of nitrogens with zero attached hydrogens (tertiary/aromatic N) is 3. The number of nitro benzene ring substituents is 1. The Morgan fingerprint density at radius 3 is 2.79 bits per heavy atom. The van der Waals surface area contributed by atoms with Crippen LogP contribution >= 0.6 is 0 Å². The van der Waals surface area contributed by atoms with Crippen molar-refractivity contribution in [3.05, 3.63) is 64.5 Å². The maximum atomic E-state index is 11.4. The molecule has 0 spiro atoms. The van der Waals surface area contributed by atoms with Crippen LogP contribution in [0.1, 0.15) is 24.4 Å². The van der Waals surface area contributed by atoms with Crippen LogP contribution in [0.25, 0.3) is 10.8 Å². The van der Waals surface area contributed by atoms with Crippen LogP contribution in [-0.2, 0) is 0 Å². The highest BCUT2D eigenvalue weighted by molar-refractivity contribution is 5.99. The van der Waals surface area contributed by atoms with Crippen molar-refractivity contribution in [3.8, 4) is 11.5 Å². The Labute approximate surface area is 161 Å². The second-order valence-corrected chi connectivity index (χ2v) is 7.04. The number of hydrogen-bond acceptors (Lipinski definition) is 6. The van der Waals surface area contributed by atoms with Gasteiger partial charge in [0.1, 0.15) is 13.2 Å². The monoisotopic (exact) mass is 377 g/mol.